The average molecular weight is 551 g/mol. The number of rotatable bonds is 8. The summed E-state index contributed by atoms with van der Waals surface area (Å²) in [5.41, 5.74) is 2.47. The van der Waals surface area contributed by atoms with E-state index in [1.54, 1.807) is 18.2 Å². The van der Waals surface area contributed by atoms with E-state index in [2.05, 4.69) is 20.7 Å². The van der Waals surface area contributed by atoms with Crippen LogP contribution in [0.3, 0.4) is 0 Å². The molecule has 0 aromatic heterocycles. The zero-order valence-electron chi connectivity index (χ0n) is 18.6. The van der Waals surface area contributed by atoms with Crippen LogP contribution in [-0.2, 0) is 14.3 Å². The Labute approximate surface area is 210 Å². The van der Waals surface area contributed by atoms with Gasteiger partial charge in [0.2, 0.25) is 0 Å². The lowest BCUT2D eigenvalue weighted by molar-refractivity contribution is -0.142. The molecule has 1 amide bonds. The smallest absolute Gasteiger partial charge is 0.343 e. The van der Waals surface area contributed by atoms with E-state index in [0.29, 0.717) is 37.5 Å². The van der Waals surface area contributed by atoms with Crippen LogP contribution in [0.5, 0.6) is 11.5 Å². The second-order valence-electron chi connectivity index (χ2n) is 7.06. The van der Waals surface area contributed by atoms with Gasteiger partial charge < -0.3 is 19.1 Å². The molecule has 0 aliphatic carbocycles. The maximum absolute atomic E-state index is 13.1. The summed E-state index contributed by atoms with van der Waals surface area (Å²) in [7, 11) is 5.20. The van der Waals surface area contributed by atoms with Crippen LogP contribution in [0.25, 0.3) is 6.08 Å². The van der Waals surface area contributed by atoms with Crippen molar-refractivity contribution in [1.82, 2.24) is 0 Å². The first-order valence-electron chi connectivity index (χ1n) is 9.96. The highest BCUT2D eigenvalue weighted by Gasteiger charge is 2.33. The number of ether oxygens (including phenoxy) is 3. The first kappa shape index (κ1) is 25.1. The Kier molecular flexibility index (Phi) is 8.39. The molecule has 1 aliphatic rings. The SMILES string of the molecule is CCOc1cc(/C=C2\SC(=S)N(c3ccc(N(C)C)cc3)C2=O)cc(Br)c1OCC(=O)OC. The number of thioether (sulfide) groups is 1. The number of nitrogens with zero attached hydrogens (tertiary/aromatic N) is 2. The lowest BCUT2D eigenvalue weighted by Crippen LogP contribution is -2.27. The lowest BCUT2D eigenvalue weighted by atomic mass is 10.1. The van der Waals surface area contributed by atoms with Crippen molar-refractivity contribution < 1.29 is 23.8 Å². The normalized spacial score (nSPS) is 14.6. The van der Waals surface area contributed by atoms with Crippen LogP contribution in [0.2, 0.25) is 0 Å². The fourth-order valence-corrected chi connectivity index (χ4v) is 4.88. The molecule has 1 aliphatic heterocycles. The second-order valence-corrected chi connectivity index (χ2v) is 9.59. The van der Waals surface area contributed by atoms with Gasteiger partial charge in [-0.25, -0.2) is 4.79 Å². The Morgan fingerprint density at radius 2 is 1.91 bits per heavy atom. The Morgan fingerprint density at radius 1 is 1.21 bits per heavy atom. The van der Waals surface area contributed by atoms with E-state index in [9.17, 15) is 9.59 Å². The molecule has 7 nitrogen and oxygen atoms in total. The number of halogens is 1. The molecule has 10 heteroatoms. The molecular formula is C23H23BrN2O5S2. The Balaban J connectivity index is 1.88. The highest BCUT2D eigenvalue weighted by Crippen LogP contribution is 2.40. The minimum Gasteiger partial charge on any atom is -0.490 e. The summed E-state index contributed by atoms with van der Waals surface area (Å²) in [6.45, 7) is 1.99. The van der Waals surface area contributed by atoms with Crippen molar-refractivity contribution in [2.75, 3.05) is 44.2 Å². The zero-order chi connectivity index (χ0) is 24.1. The molecule has 1 saturated heterocycles. The number of thiocarbonyl (C=S) groups is 1. The minimum atomic E-state index is -0.504. The molecule has 174 valence electrons. The van der Waals surface area contributed by atoms with Gasteiger partial charge in [-0.05, 0) is 70.9 Å². The van der Waals surface area contributed by atoms with Gasteiger partial charge in [-0.2, -0.15) is 0 Å². The zero-order valence-corrected chi connectivity index (χ0v) is 21.8. The Bertz CT molecular complexity index is 1100. The van der Waals surface area contributed by atoms with Gasteiger partial charge in [0.25, 0.3) is 5.91 Å². The molecule has 2 aromatic rings. The average Bonchev–Trinajstić information content (AvgIpc) is 3.05. The molecule has 0 N–H and O–H groups in total. The van der Waals surface area contributed by atoms with Gasteiger partial charge in [0, 0.05) is 19.8 Å². The summed E-state index contributed by atoms with van der Waals surface area (Å²) in [5.74, 6) is 0.128. The summed E-state index contributed by atoms with van der Waals surface area (Å²) in [6, 6.07) is 11.2. The molecule has 2 aromatic carbocycles. The first-order valence-corrected chi connectivity index (χ1v) is 12.0. The number of anilines is 2. The molecule has 0 saturated carbocycles. The third-order valence-corrected chi connectivity index (χ3v) is 6.50. The monoisotopic (exact) mass is 550 g/mol. The van der Waals surface area contributed by atoms with Crippen molar-refractivity contribution >= 4 is 73.6 Å². The van der Waals surface area contributed by atoms with E-state index in [1.165, 1.54) is 23.8 Å². The van der Waals surface area contributed by atoms with E-state index in [4.69, 9.17) is 21.7 Å². The molecule has 3 rings (SSSR count). The van der Waals surface area contributed by atoms with Gasteiger partial charge in [0.15, 0.2) is 22.4 Å². The van der Waals surface area contributed by atoms with Crippen molar-refractivity contribution in [1.29, 1.82) is 0 Å². The maximum Gasteiger partial charge on any atom is 0.343 e. The fraction of sp³-hybridized carbons (Fsp3) is 0.261. The van der Waals surface area contributed by atoms with Crippen LogP contribution in [0, 0.1) is 0 Å². The van der Waals surface area contributed by atoms with E-state index < -0.39 is 5.97 Å². The molecular weight excluding hydrogens is 528 g/mol. The van der Waals surface area contributed by atoms with Crippen LogP contribution in [0.1, 0.15) is 12.5 Å². The quantitative estimate of drug-likeness (QED) is 0.262. The number of hydrogen-bond donors (Lipinski definition) is 0. The van der Waals surface area contributed by atoms with Gasteiger partial charge in [0.1, 0.15) is 0 Å². The number of benzene rings is 2. The van der Waals surface area contributed by atoms with E-state index in [-0.39, 0.29) is 12.5 Å². The van der Waals surface area contributed by atoms with Crippen molar-refractivity contribution in [3.8, 4) is 11.5 Å². The number of carbonyl (C=O) groups is 2. The maximum atomic E-state index is 13.1. The third-order valence-electron chi connectivity index (χ3n) is 4.61. The fourth-order valence-electron chi connectivity index (χ4n) is 3.01. The predicted octanol–water partition coefficient (Wildman–Crippen LogP) is 4.87. The van der Waals surface area contributed by atoms with Crippen LogP contribution in [0.15, 0.2) is 45.8 Å². The van der Waals surface area contributed by atoms with Crippen LogP contribution in [-0.4, -0.2) is 50.6 Å². The summed E-state index contributed by atoms with van der Waals surface area (Å²) in [5, 5.41) is 0. The highest BCUT2D eigenvalue weighted by atomic mass is 79.9. The standard InChI is InChI=1S/C23H23BrN2O5S2/c1-5-30-18-11-14(10-17(24)21(18)31-13-20(27)29-4)12-19-22(28)26(23(32)33-19)16-8-6-15(7-9-16)25(2)3/h6-12H,5,13H2,1-4H3/b19-12-. The predicted molar refractivity (Wildman–Crippen MR) is 139 cm³/mol. The molecule has 1 heterocycles. The summed E-state index contributed by atoms with van der Waals surface area (Å²) in [6.07, 6.45) is 1.75. The van der Waals surface area contributed by atoms with Crippen LogP contribution < -0.4 is 19.3 Å². The molecule has 0 spiro atoms. The number of hydrogen-bond acceptors (Lipinski definition) is 8. The van der Waals surface area contributed by atoms with Crippen molar-refractivity contribution in [2.24, 2.45) is 0 Å². The first-order chi connectivity index (χ1) is 15.7. The van der Waals surface area contributed by atoms with Crippen molar-refractivity contribution in [3.05, 3.63) is 51.3 Å². The molecule has 0 atom stereocenters. The summed E-state index contributed by atoms with van der Waals surface area (Å²) >= 11 is 10.2. The van der Waals surface area contributed by atoms with Gasteiger partial charge in [-0.1, -0.05) is 24.0 Å². The second kappa shape index (κ2) is 11.0. The molecule has 1 fully saturated rings. The van der Waals surface area contributed by atoms with Crippen LogP contribution in [0.4, 0.5) is 11.4 Å². The topological polar surface area (TPSA) is 68.3 Å². The molecule has 33 heavy (non-hydrogen) atoms. The van der Waals surface area contributed by atoms with Crippen molar-refractivity contribution in [3.63, 3.8) is 0 Å². The number of amides is 1. The Hall–Kier alpha value is -2.56. The van der Waals surface area contributed by atoms with E-state index in [0.717, 1.165) is 11.3 Å². The third kappa shape index (κ3) is 5.87. The number of methoxy groups -OCH3 is 1. The van der Waals surface area contributed by atoms with E-state index in [1.807, 2.05) is 50.2 Å². The van der Waals surface area contributed by atoms with Crippen molar-refractivity contribution in [2.45, 2.75) is 6.92 Å². The van der Waals surface area contributed by atoms with E-state index >= 15 is 0 Å². The largest absolute Gasteiger partial charge is 0.490 e. The lowest BCUT2D eigenvalue weighted by Gasteiger charge is -2.17. The minimum absolute atomic E-state index is 0.192. The number of carbonyl (C=O) groups excluding carboxylic acids is 2. The molecule has 0 unspecified atom stereocenters. The molecule has 0 radical (unpaired) electrons. The summed E-state index contributed by atoms with van der Waals surface area (Å²) in [4.78, 5) is 28.6. The highest BCUT2D eigenvalue weighted by molar-refractivity contribution is 9.10. The number of esters is 1. The summed E-state index contributed by atoms with van der Waals surface area (Å²) < 4.78 is 16.9. The van der Waals surface area contributed by atoms with Crippen LogP contribution >= 0.6 is 39.9 Å². The molecule has 0 bridgehead atoms. The Morgan fingerprint density at radius 3 is 2.52 bits per heavy atom. The van der Waals surface area contributed by atoms with Gasteiger partial charge in [-0.3, -0.25) is 9.69 Å². The van der Waals surface area contributed by atoms with Gasteiger partial charge >= 0.3 is 5.97 Å². The van der Waals surface area contributed by atoms with Gasteiger partial charge in [0.05, 0.1) is 28.8 Å². The van der Waals surface area contributed by atoms with Gasteiger partial charge in [-0.15, -0.1) is 0 Å².